The first-order valence-corrected chi connectivity index (χ1v) is 9.28. The molecule has 2 aromatic heterocycles. The van der Waals surface area contributed by atoms with Gasteiger partial charge < -0.3 is 0 Å². The summed E-state index contributed by atoms with van der Waals surface area (Å²) in [6.07, 6.45) is 6.65. The lowest BCUT2D eigenvalue weighted by Crippen LogP contribution is -2.23. The van der Waals surface area contributed by atoms with E-state index in [1.54, 1.807) is 0 Å². The molecule has 0 radical (unpaired) electrons. The number of aryl methyl sites for hydroxylation is 1. The summed E-state index contributed by atoms with van der Waals surface area (Å²) in [6, 6.07) is 18.2. The largest absolute Gasteiger partial charge is 0.291 e. The molecule has 0 saturated heterocycles. The molecule has 2 aromatic carbocycles. The first kappa shape index (κ1) is 16.4. The minimum atomic E-state index is -0.128. The van der Waals surface area contributed by atoms with E-state index in [1.807, 2.05) is 60.7 Å². The Morgan fingerprint density at radius 3 is 2.46 bits per heavy atom. The summed E-state index contributed by atoms with van der Waals surface area (Å²) in [7, 11) is 0. The number of benzene rings is 2. The fourth-order valence-corrected chi connectivity index (χ4v) is 3.57. The zero-order valence-electron chi connectivity index (χ0n) is 14.3. The van der Waals surface area contributed by atoms with Crippen LogP contribution < -0.4 is 10.1 Å². The highest BCUT2D eigenvalue weighted by Gasteiger charge is 2.08. The summed E-state index contributed by atoms with van der Waals surface area (Å²) in [4.78, 5) is 17.6. The highest BCUT2D eigenvalue weighted by molar-refractivity contribution is 7.15. The van der Waals surface area contributed by atoms with Crippen molar-refractivity contribution in [2.45, 2.75) is 13.3 Å². The van der Waals surface area contributed by atoms with E-state index in [9.17, 15) is 4.79 Å². The Balaban J connectivity index is 1.66. The molecule has 128 valence electrons. The van der Waals surface area contributed by atoms with Crippen LogP contribution in [0.2, 0.25) is 0 Å². The van der Waals surface area contributed by atoms with Crippen LogP contribution >= 0.6 is 11.3 Å². The molecule has 0 spiro atoms. The van der Waals surface area contributed by atoms with Gasteiger partial charge in [0.15, 0.2) is 5.82 Å². The molecule has 0 aliphatic heterocycles. The summed E-state index contributed by atoms with van der Waals surface area (Å²) in [5, 5.41) is 4.31. The van der Waals surface area contributed by atoms with Gasteiger partial charge in [-0.15, -0.1) is 5.10 Å². The maximum Gasteiger partial charge on any atom is 0.291 e. The van der Waals surface area contributed by atoms with E-state index in [2.05, 4.69) is 29.1 Å². The van der Waals surface area contributed by atoms with Crippen molar-refractivity contribution < 1.29 is 0 Å². The number of hydrogen-bond acceptors (Lipinski definition) is 4. The first-order chi connectivity index (χ1) is 12.7. The average Bonchev–Trinajstić information content (AvgIpc) is 3.21. The third-order valence-corrected chi connectivity index (χ3v) is 5.07. The molecule has 0 N–H and O–H groups in total. The molecule has 4 nitrogen and oxygen atoms in total. The third kappa shape index (κ3) is 3.34. The van der Waals surface area contributed by atoms with Crippen LogP contribution in [0.1, 0.15) is 29.4 Å². The van der Waals surface area contributed by atoms with E-state index in [1.165, 1.54) is 21.4 Å². The van der Waals surface area contributed by atoms with Crippen molar-refractivity contribution in [2.24, 2.45) is 0 Å². The van der Waals surface area contributed by atoms with Gasteiger partial charge in [-0.25, -0.2) is 0 Å². The number of fused-ring (bicyclic) bond motifs is 1. The van der Waals surface area contributed by atoms with E-state index in [-0.39, 0.29) is 5.56 Å². The second-order valence-corrected chi connectivity index (χ2v) is 6.93. The van der Waals surface area contributed by atoms with Gasteiger partial charge in [0.2, 0.25) is 4.96 Å². The fourth-order valence-electron chi connectivity index (χ4n) is 2.66. The summed E-state index contributed by atoms with van der Waals surface area (Å²) in [5.41, 5.74) is 3.23. The quantitative estimate of drug-likeness (QED) is 0.561. The third-order valence-electron chi connectivity index (χ3n) is 4.11. The summed E-state index contributed by atoms with van der Waals surface area (Å²) < 4.78 is 2.02. The smallest absolute Gasteiger partial charge is 0.266 e. The van der Waals surface area contributed by atoms with Gasteiger partial charge >= 0.3 is 0 Å². The zero-order chi connectivity index (χ0) is 17.9. The summed E-state index contributed by atoms with van der Waals surface area (Å²) in [5.74, 6) is 0.538. The molecule has 0 saturated carbocycles. The second-order valence-electron chi connectivity index (χ2n) is 5.92. The Morgan fingerprint density at radius 1 is 1.00 bits per heavy atom. The van der Waals surface area contributed by atoms with E-state index in [0.29, 0.717) is 15.3 Å². The van der Waals surface area contributed by atoms with E-state index < -0.39 is 0 Å². The van der Waals surface area contributed by atoms with Gasteiger partial charge in [0.1, 0.15) is 0 Å². The van der Waals surface area contributed by atoms with Gasteiger partial charge in [0.05, 0.1) is 4.53 Å². The van der Waals surface area contributed by atoms with Gasteiger partial charge in [-0.2, -0.15) is 9.50 Å². The van der Waals surface area contributed by atoms with E-state index in [4.69, 9.17) is 0 Å². The van der Waals surface area contributed by atoms with Crippen LogP contribution in [-0.4, -0.2) is 14.6 Å². The summed E-state index contributed by atoms with van der Waals surface area (Å²) in [6.45, 7) is 2.12. The Kier molecular flexibility index (Phi) is 4.46. The van der Waals surface area contributed by atoms with Crippen LogP contribution in [0.3, 0.4) is 0 Å². The van der Waals surface area contributed by atoms with Crippen LogP contribution in [0.4, 0.5) is 0 Å². The molecule has 0 aliphatic carbocycles. The SMILES string of the molecule is CCc1ccc(/C=c2\sc3nc(/C=C/c4ccccc4)nn3c2=O)cc1. The standard InChI is InChI=1S/C21H17N3OS/c1-2-15-8-10-17(11-9-15)14-18-20(25)24-21(26-18)22-19(23-24)13-12-16-6-4-3-5-7-16/h3-14H,2H2,1H3/b13-12+,18-14-. The zero-order valence-corrected chi connectivity index (χ0v) is 15.1. The lowest BCUT2D eigenvalue weighted by molar-refractivity contribution is 0.925. The Labute approximate surface area is 154 Å². The van der Waals surface area contributed by atoms with Crippen LogP contribution in [0.5, 0.6) is 0 Å². The molecule has 0 atom stereocenters. The fraction of sp³-hybridized carbons (Fsp3) is 0.0952. The Bertz CT molecular complexity index is 1170. The van der Waals surface area contributed by atoms with Crippen molar-refractivity contribution in [2.75, 3.05) is 0 Å². The highest BCUT2D eigenvalue weighted by atomic mass is 32.1. The number of hydrogen-bond donors (Lipinski definition) is 0. The molecule has 5 heteroatoms. The summed E-state index contributed by atoms with van der Waals surface area (Å²) >= 11 is 1.36. The van der Waals surface area contributed by atoms with Crippen LogP contribution in [-0.2, 0) is 6.42 Å². The van der Waals surface area contributed by atoms with Crippen molar-refractivity contribution >= 4 is 34.5 Å². The second kappa shape index (κ2) is 7.06. The van der Waals surface area contributed by atoms with Crippen molar-refractivity contribution in [1.82, 2.24) is 14.6 Å². The van der Waals surface area contributed by atoms with Crippen molar-refractivity contribution in [3.05, 3.63) is 92.0 Å². The van der Waals surface area contributed by atoms with Gasteiger partial charge in [-0.3, -0.25) is 4.79 Å². The van der Waals surface area contributed by atoms with Crippen LogP contribution in [0.25, 0.3) is 23.2 Å². The Hall–Kier alpha value is -3.05. The van der Waals surface area contributed by atoms with Gasteiger partial charge in [0.25, 0.3) is 5.56 Å². The number of nitrogens with zero attached hydrogens (tertiary/aromatic N) is 3. The van der Waals surface area contributed by atoms with E-state index >= 15 is 0 Å². The van der Waals surface area contributed by atoms with Gasteiger partial charge in [-0.1, -0.05) is 78.9 Å². The molecule has 4 rings (SSSR count). The Morgan fingerprint density at radius 2 is 1.77 bits per heavy atom. The molecular weight excluding hydrogens is 342 g/mol. The van der Waals surface area contributed by atoms with E-state index in [0.717, 1.165) is 17.5 Å². The molecule has 0 aliphatic rings. The number of aromatic nitrogens is 3. The topological polar surface area (TPSA) is 47.3 Å². The average molecular weight is 359 g/mol. The molecule has 0 amide bonds. The predicted octanol–water partition coefficient (Wildman–Crippen LogP) is 3.43. The minimum Gasteiger partial charge on any atom is -0.266 e. The first-order valence-electron chi connectivity index (χ1n) is 8.46. The maximum atomic E-state index is 12.6. The van der Waals surface area contributed by atoms with Crippen molar-refractivity contribution in [1.29, 1.82) is 0 Å². The molecule has 0 fully saturated rings. The number of thiazole rings is 1. The van der Waals surface area contributed by atoms with Crippen molar-refractivity contribution in [3.8, 4) is 0 Å². The highest BCUT2D eigenvalue weighted by Crippen LogP contribution is 2.09. The molecule has 26 heavy (non-hydrogen) atoms. The lowest BCUT2D eigenvalue weighted by atomic mass is 10.1. The molecule has 2 heterocycles. The molecular formula is C21H17N3OS. The van der Waals surface area contributed by atoms with Crippen LogP contribution in [0, 0.1) is 0 Å². The number of rotatable bonds is 4. The molecule has 0 unspecified atom stereocenters. The predicted molar refractivity (Wildman–Crippen MR) is 107 cm³/mol. The lowest BCUT2D eigenvalue weighted by Gasteiger charge is -1.96. The molecule has 4 aromatic rings. The maximum absolute atomic E-state index is 12.6. The monoisotopic (exact) mass is 359 g/mol. The normalized spacial score (nSPS) is 12.4. The van der Waals surface area contributed by atoms with Gasteiger partial charge in [0, 0.05) is 0 Å². The molecule has 0 bridgehead atoms. The minimum absolute atomic E-state index is 0.128. The van der Waals surface area contributed by atoms with Crippen molar-refractivity contribution in [3.63, 3.8) is 0 Å². The van der Waals surface area contributed by atoms with Gasteiger partial charge in [-0.05, 0) is 35.3 Å². The van der Waals surface area contributed by atoms with Crippen LogP contribution in [0.15, 0.2) is 59.4 Å².